The standard InChI is InChI=1S/C14H9Br2FN2O5/c15-3-5-6(16)2-1-4(10(5)17)7-8(13(21)22)11(18)19-12(20)9(7)14(23)24/h1-2H,3H2,(H,21,22)(H,23,24)(H3,18,19,20). The van der Waals surface area contributed by atoms with E-state index in [0.717, 1.165) is 0 Å². The number of carbonyl (C=O) groups is 2. The van der Waals surface area contributed by atoms with Gasteiger partial charge in [-0.25, -0.2) is 14.0 Å². The molecule has 0 fully saturated rings. The van der Waals surface area contributed by atoms with Crippen molar-refractivity contribution in [3.05, 3.63) is 49.5 Å². The van der Waals surface area contributed by atoms with Crippen LogP contribution in [0.1, 0.15) is 26.3 Å². The van der Waals surface area contributed by atoms with Gasteiger partial charge >= 0.3 is 11.9 Å². The monoisotopic (exact) mass is 462 g/mol. The van der Waals surface area contributed by atoms with Crippen LogP contribution in [0, 0.1) is 5.82 Å². The highest BCUT2D eigenvalue weighted by Gasteiger charge is 2.29. The second-order valence-electron chi connectivity index (χ2n) is 4.62. The number of H-pyrrole nitrogens is 1. The molecule has 5 N–H and O–H groups in total. The van der Waals surface area contributed by atoms with Gasteiger partial charge in [0, 0.05) is 26.5 Å². The SMILES string of the molecule is Nc1[nH]c(=O)c(C(=O)O)c(-c2ccc(Br)c(CBr)c2F)c1C(=O)O. The quantitative estimate of drug-likeness (QED) is 0.515. The summed E-state index contributed by atoms with van der Waals surface area (Å²) in [7, 11) is 0. The van der Waals surface area contributed by atoms with Crippen molar-refractivity contribution in [1.29, 1.82) is 0 Å². The van der Waals surface area contributed by atoms with Crippen LogP contribution in [0.5, 0.6) is 0 Å². The molecule has 10 heteroatoms. The summed E-state index contributed by atoms with van der Waals surface area (Å²) in [4.78, 5) is 36.8. The Labute approximate surface area is 150 Å². The van der Waals surface area contributed by atoms with Crippen LogP contribution in [0.2, 0.25) is 0 Å². The number of nitrogens with one attached hydrogen (secondary N) is 1. The highest BCUT2D eigenvalue weighted by Crippen LogP contribution is 2.35. The van der Waals surface area contributed by atoms with E-state index < -0.39 is 45.8 Å². The first-order valence-electron chi connectivity index (χ1n) is 6.26. The first-order valence-corrected chi connectivity index (χ1v) is 8.17. The van der Waals surface area contributed by atoms with Gasteiger partial charge in [-0.1, -0.05) is 37.9 Å². The third-order valence-corrected chi connectivity index (χ3v) is 4.57. The number of alkyl halides is 1. The lowest BCUT2D eigenvalue weighted by atomic mass is 9.94. The second-order valence-corrected chi connectivity index (χ2v) is 6.04. The molecule has 0 aliphatic heterocycles. The number of hydrogen-bond donors (Lipinski definition) is 4. The number of rotatable bonds is 4. The predicted octanol–water partition coefficient (Wildman–Crippen LogP) is 2.82. The number of nitrogens with two attached hydrogens (primary N) is 1. The van der Waals surface area contributed by atoms with Crippen LogP contribution in [-0.4, -0.2) is 27.1 Å². The highest BCUT2D eigenvalue weighted by molar-refractivity contribution is 9.10. The van der Waals surface area contributed by atoms with Crippen molar-refractivity contribution in [2.24, 2.45) is 0 Å². The average Bonchev–Trinajstić information content (AvgIpc) is 2.46. The Kier molecular flexibility index (Phi) is 5.09. The summed E-state index contributed by atoms with van der Waals surface area (Å²) < 4.78 is 15.2. The van der Waals surface area contributed by atoms with E-state index in [-0.39, 0.29) is 16.5 Å². The van der Waals surface area contributed by atoms with Crippen LogP contribution in [0.25, 0.3) is 11.1 Å². The lowest BCUT2D eigenvalue weighted by Gasteiger charge is -2.14. The summed E-state index contributed by atoms with van der Waals surface area (Å²) in [6.07, 6.45) is 0. The molecule has 1 heterocycles. The van der Waals surface area contributed by atoms with Gasteiger partial charge in [-0.05, 0) is 6.07 Å². The topological polar surface area (TPSA) is 133 Å². The number of pyridine rings is 1. The largest absolute Gasteiger partial charge is 0.478 e. The Hall–Kier alpha value is -2.20. The van der Waals surface area contributed by atoms with Gasteiger partial charge in [-0.3, -0.25) is 4.79 Å². The molecule has 0 saturated heterocycles. The zero-order valence-corrected chi connectivity index (χ0v) is 14.9. The third-order valence-electron chi connectivity index (χ3n) is 3.26. The molecule has 0 saturated carbocycles. The molecule has 0 unspecified atom stereocenters. The van der Waals surface area contributed by atoms with E-state index >= 15 is 0 Å². The molecule has 126 valence electrons. The number of nitrogen functional groups attached to an aromatic ring is 1. The van der Waals surface area contributed by atoms with Gasteiger partial charge < -0.3 is 20.9 Å². The first kappa shape index (κ1) is 18.1. The Bertz CT molecular complexity index is 926. The van der Waals surface area contributed by atoms with E-state index in [1.165, 1.54) is 12.1 Å². The molecule has 0 bridgehead atoms. The molecule has 0 radical (unpaired) electrons. The smallest absolute Gasteiger partial charge is 0.342 e. The fraction of sp³-hybridized carbons (Fsp3) is 0.0714. The summed E-state index contributed by atoms with van der Waals surface area (Å²) in [6.45, 7) is 0. The van der Waals surface area contributed by atoms with E-state index in [0.29, 0.717) is 4.47 Å². The summed E-state index contributed by atoms with van der Waals surface area (Å²) in [5.74, 6) is -4.72. The van der Waals surface area contributed by atoms with Crippen LogP contribution in [-0.2, 0) is 5.33 Å². The fourth-order valence-electron chi connectivity index (χ4n) is 2.23. The second kappa shape index (κ2) is 6.73. The molecular formula is C14H9Br2FN2O5. The molecule has 0 amide bonds. The van der Waals surface area contributed by atoms with Crippen molar-refractivity contribution in [3.8, 4) is 11.1 Å². The van der Waals surface area contributed by atoms with E-state index in [9.17, 15) is 29.0 Å². The van der Waals surface area contributed by atoms with Crippen molar-refractivity contribution >= 4 is 49.6 Å². The predicted molar refractivity (Wildman–Crippen MR) is 91.1 cm³/mol. The normalized spacial score (nSPS) is 10.6. The Morgan fingerprint density at radius 2 is 1.79 bits per heavy atom. The molecule has 1 aromatic heterocycles. The van der Waals surface area contributed by atoms with Crippen LogP contribution in [0.4, 0.5) is 10.2 Å². The summed E-state index contributed by atoms with van der Waals surface area (Å²) >= 11 is 6.24. The Balaban J connectivity index is 3.06. The molecule has 1 aromatic carbocycles. The lowest BCUT2D eigenvalue weighted by Crippen LogP contribution is -2.24. The number of benzene rings is 1. The summed E-state index contributed by atoms with van der Waals surface area (Å²) in [6, 6.07) is 2.60. The van der Waals surface area contributed by atoms with E-state index in [1.54, 1.807) is 0 Å². The highest BCUT2D eigenvalue weighted by atomic mass is 79.9. The van der Waals surface area contributed by atoms with Crippen molar-refractivity contribution in [2.45, 2.75) is 5.33 Å². The van der Waals surface area contributed by atoms with Crippen molar-refractivity contribution in [1.82, 2.24) is 4.98 Å². The maximum Gasteiger partial charge on any atom is 0.342 e. The lowest BCUT2D eigenvalue weighted by molar-refractivity contribution is 0.0695. The number of halogens is 3. The van der Waals surface area contributed by atoms with Gasteiger partial charge in [0.25, 0.3) is 5.56 Å². The third kappa shape index (κ3) is 2.94. The van der Waals surface area contributed by atoms with Gasteiger partial charge in [0.1, 0.15) is 22.8 Å². The minimum absolute atomic E-state index is 0.0801. The molecule has 2 rings (SSSR count). The zero-order chi connectivity index (χ0) is 18.2. The minimum atomic E-state index is -1.70. The number of aromatic carboxylic acids is 2. The molecule has 24 heavy (non-hydrogen) atoms. The van der Waals surface area contributed by atoms with E-state index in [2.05, 4.69) is 31.9 Å². The van der Waals surface area contributed by atoms with Gasteiger partial charge in [0.05, 0.1) is 0 Å². The number of carboxylic acid groups (broad SMARTS) is 2. The summed E-state index contributed by atoms with van der Waals surface area (Å²) in [5.41, 5.74) is 2.01. The van der Waals surface area contributed by atoms with Gasteiger partial charge in [-0.2, -0.15) is 0 Å². The summed E-state index contributed by atoms with van der Waals surface area (Å²) in [5, 5.41) is 18.7. The maximum absolute atomic E-state index is 14.8. The van der Waals surface area contributed by atoms with Gasteiger partial charge in [0.2, 0.25) is 0 Å². The van der Waals surface area contributed by atoms with E-state index in [4.69, 9.17) is 5.73 Å². The van der Waals surface area contributed by atoms with E-state index in [1.807, 2.05) is 4.98 Å². The number of carboxylic acids is 2. The fourth-order valence-corrected chi connectivity index (χ4v) is 3.60. The first-order chi connectivity index (χ1) is 11.2. The van der Waals surface area contributed by atoms with Crippen LogP contribution in [0.3, 0.4) is 0 Å². The zero-order valence-electron chi connectivity index (χ0n) is 11.7. The number of aromatic amines is 1. The average molecular weight is 464 g/mol. The van der Waals surface area contributed by atoms with Crippen LogP contribution in [0.15, 0.2) is 21.4 Å². The molecule has 0 aliphatic carbocycles. The van der Waals surface area contributed by atoms with Crippen LogP contribution < -0.4 is 11.3 Å². The molecule has 0 aliphatic rings. The maximum atomic E-state index is 14.8. The van der Waals surface area contributed by atoms with Gasteiger partial charge in [-0.15, -0.1) is 0 Å². The molecular weight excluding hydrogens is 455 g/mol. The van der Waals surface area contributed by atoms with Gasteiger partial charge in [0.15, 0.2) is 0 Å². The number of anilines is 1. The number of hydrogen-bond acceptors (Lipinski definition) is 4. The number of aromatic nitrogens is 1. The van der Waals surface area contributed by atoms with Crippen molar-refractivity contribution in [3.63, 3.8) is 0 Å². The Morgan fingerprint density at radius 3 is 2.29 bits per heavy atom. The Morgan fingerprint density at radius 1 is 1.21 bits per heavy atom. The molecule has 0 atom stereocenters. The molecule has 2 aromatic rings. The van der Waals surface area contributed by atoms with Crippen molar-refractivity contribution in [2.75, 3.05) is 5.73 Å². The minimum Gasteiger partial charge on any atom is -0.478 e. The molecule has 0 spiro atoms. The molecule has 7 nitrogen and oxygen atoms in total. The van der Waals surface area contributed by atoms with Crippen molar-refractivity contribution < 1.29 is 24.2 Å². The van der Waals surface area contributed by atoms with Crippen LogP contribution >= 0.6 is 31.9 Å².